The number of rotatable bonds is 5. The molecule has 0 heterocycles. The van der Waals surface area contributed by atoms with Gasteiger partial charge in [-0.2, -0.15) is 0 Å². The number of carbonyl (C=O) groups is 1. The second kappa shape index (κ2) is 6.78. The summed E-state index contributed by atoms with van der Waals surface area (Å²) >= 11 is 7.40. The Morgan fingerprint density at radius 3 is 2.58 bits per heavy atom. The van der Waals surface area contributed by atoms with Crippen LogP contribution in [0.25, 0.3) is 0 Å². The molecule has 2 aromatic carbocycles. The topological polar surface area (TPSA) is 17.1 Å². The molecule has 0 saturated heterocycles. The molecule has 3 heteroatoms. The minimum Gasteiger partial charge on any atom is -0.298 e. The molecule has 98 valence electrons. The normalized spacial score (nSPS) is 10.4. The molecule has 0 aliphatic rings. The molecule has 0 amide bonds. The lowest BCUT2D eigenvalue weighted by Gasteiger charge is -2.03. The second-order valence-electron chi connectivity index (χ2n) is 4.45. The van der Waals surface area contributed by atoms with Crippen molar-refractivity contribution in [3.63, 3.8) is 0 Å². The fourth-order valence-corrected chi connectivity index (χ4v) is 2.75. The van der Waals surface area contributed by atoms with Gasteiger partial charge >= 0.3 is 0 Å². The van der Waals surface area contributed by atoms with Crippen LogP contribution in [0, 0.1) is 6.92 Å². The Balaban J connectivity index is 1.86. The lowest BCUT2D eigenvalue weighted by Crippen LogP contribution is -2.05. The zero-order chi connectivity index (χ0) is 13.7. The fraction of sp³-hybridized carbons (Fsp3) is 0.188. The smallest absolute Gasteiger partial charge is 0.147 e. The molecule has 0 bridgehead atoms. The summed E-state index contributed by atoms with van der Waals surface area (Å²) in [5, 5.41) is 0.699. The summed E-state index contributed by atoms with van der Waals surface area (Å²) in [5.74, 6) is 0.736. The summed E-state index contributed by atoms with van der Waals surface area (Å²) < 4.78 is 0. The number of carbonyl (C=O) groups excluding carboxylic acids is 1. The number of Topliss-reactive ketones (excluding diaryl/α,β-unsaturated/α-hetero) is 1. The van der Waals surface area contributed by atoms with Crippen molar-refractivity contribution in [3.8, 4) is 0 Å². The SMILES string of the molecule is Cc1cccc(SCC(=O)Cc2ccc(Cl)cc2)c1. The van der Waals surface area contributed by atoms with E-state index in [1.54, 1.807) is 11.8 Å². The molecule has 2 rings (SSSR count). The van der Waals surface area contributed by atoms with Crippen LogP contribution in [0.5, 0.6) is 0 Å². The van der Waals surface area contributed by atoms with Gasteiger partial charge in [0.15, 0.2) is 0 Å². The third kappa shape index (κ3) is 4.73. The summed E-state index contributed by atoms with van der Waals surface area (Å²) in [4.78, 5) is 13.0. The second-order valence-corrected chi connectivity index (χ2v) is 5.93. The molecule has 0 saturated carbocycles. The monoisotopic (exact) mass is 290 g/mol. The summed E-state index contributed by atoms with van der Waals surface area (Å²) in [5.41, 5.74) is 2.23. The van der Waals surface area contributed by atoms with Crippen LogP contribution >= 0.6 is 23.4 Å². The first-order valence-electron chi connectivity index (χ1n) is 6.09. The first-order chi connectivity index (χ1) is 9.13. The first kappa shape index (κ1) is 14.2. The molecule has 0 unspecified atom stereocenters. The van der Waals surface area contributed by atoms with Gasteiger partial charge in [0.05, 0.1) is 5.75 Å². The lowest BCUT2D eigenvalue weighted by molar-refractivity contribution is -0.116. The molecular weight excluding hydrogens is 276 g/mol. The molecule has 0 N–H and O–H groups in total. The van der Waals surface area contributed by atoms with Gasteiger partial charge in [0, 0.05) is 16.3 Å². The van der Waals surface area contributed by atoms with Crippen LogP contribution in [0.2, 0.25) is 5.02 Å². The van der Waals surface area contributed by atoms with E-state index in [9.17, 15) is 4.79 Å². The summed E-state index contributed by atoms with van der Waals surface area (Å²) in [7, 11) is 0. The Hall–Kier alpha value is -1.25. The predicted molar refractivity (Wildman–Crippen MR) is 82.1 cm³/mol. The zero-order valence-corrected chi connectivity index (χ0v) is 12.3. The van der Waals surface area contributed by atoms with Crippen LogP contribution in [0.3, 0.4) is 0 Å². The molecule has 1 nitrogen and oxygen atoms in total. The van der Waals surface area contributed by atoms with E-state index < -0.39 is 0 Å². The highest BCUT2D eigenvalue weighted by Crippen LogP contribution is 2.19. The number of benzene rings is 2. The van der Waals surface area contributed by atoms with E-state index in [-0.39, 0.29) is 5.78 Å². The van der Waals surface area contributed by atoms with E-state index in [1.165, 1.54) is 5.56 Å². The first-order valence-corrected chi connectivity index (χ1v) is 7.45. The van der Waals surface area contributed by atoms with Gasteiger partial charge in [-0.3, -0.25) is 4.79 Å². The molecule has 0 aliphatic carbocycles. The van der Waals surface area contributed by atoms with Gasteiger partial charge in [-0.25, -0.2) is 0 Å². The summed E-state index contributed by atoms with van der Waals surface area (Å²) in [6, 6.07) is 15.6. The van der Waals surface area contributed by atoms with Crippen molar-refractivity contribution in [2.24, 2.45) is 0 Å². The predicted octanol–water partition coefficient (Wildman–Crippen LogP) is 4.55. The minimum absolute atomic E-state index is 0.230. The molecular formula is C16H15ClOS. The molecule has 0 atom stereocenters. The van der Waals surface area contributed by atoms with Gasteiger partial charge in [0.1, 0.15) is 5.78 Å². The van der Waals surface area contributed by atoms with E-state index in [2.05, 4.69) is 19.1 Å². The summed E-state index contributed by atoms with van der Waals surface area (Å²) in [6.07, 6.45) is 0.468. The lowest BCUT2D eigenvalue weighted by atomic mass is 10.1. The molecule has 0 aromatic heterocycles. The van der Waals surface area contributed by atoms with Crippen LogP contribution < -0.4 is 0 Å². The molecule has 19 heavy (non-hydrogen) atoms. The van der Waals surface area contributed by atoms with Crippen molar-refractivity contribution >= 4 is 29.1 Å². The average Bonchev–Trinajstić information content (AvgIpc) is 2.39. The van der Waals surface area contributed by atoms with E-state index >= 15 is 0 Å². The van der Waals surface area contributed by atoms with E-state index in [0.29, 0.717) is 17.2 Å². The number of halogens is 1. The summed E-state index contributed by atoms with van der Waals surface area (Å²) in [6.45, 7) is 2.06. The van der Waals surface area contributed by atoms with Crippen molar-refractivity contribution < 1.29 is 4.79 Å². The molecule has 0 fully saturated rings. The van der Waals surface area contributed by atoms with Gasteiger partial charge < -0.3 is 0 Å². The van der Waals surface area contributed by atoms with Gasteiger partial charge in [0.2, 0.25) is 0 Å². The standard InChI is InChI=1S/C16H15ClOS/c1-12-3-2-4-16(9-12)19-11-15(18)10-13-5-7-14(17)8-6-13/h2-9H,10-11H2,1H3. The third-order valence-electron chi connectivity index (χ3n) is 2.70. The molecule has 0 radical (unpaired) electrons. The Kier molecular flexibility index (Phi) is 5.06. The third-order valence-corrected chi connectivity index (χ3v) is 4.01. The number of thioether (sulfide) groups is 1. The minimum atomic E-state index is 0.230. The van der Waals surface area contributed by atoms with Gasteiger partial charge in [-0.1, -0.05) is 41.4 Å². The van der Waals surface area contributed by atoms with Crippen LogP contribution in [-0.4, -0.2) is 11.5 Å². The Morgan fingerprint density at radius 1 is 1.16 bits per heavy atom. The quantitative estimate of drug-likeness (QED) is 0.751. The Labute approximate surface area is 123 Å². The molecule has 0 spiro atoms. The van der Waals surface area contributed by atoms with Gasteiger partial charge in [0.25, 0.3) is 0 Å². The maximum Gasteiger partial charge on any atom is 0.147 e. The van der Waals surface area contributed by atoms with Crippen LogP contribution in [0.4, 0.5) is 0 Å². The van der Waals surface area contributed by atoms with Crippen molar-refractivity contribution in [1.29, 1.82) is 0 Å². The zero-order valence-electron chi connectivity index (χ0n) is 10.7. The van der Waals surface area contributed by atoms with E-state index in [1.807, 2.05) is 36.4 Å². The Morgan fingerprint density at radius 2 is 1.89 bits per heavy atom. The highest BCUT2D eigenvalue weighted by Gasteiger charge is 2.05. The highest BCUT2D eigenvalue weighted by atomic mass is 35.5. The molecule has 0 aliphatic heterocycles. The van der Waals surface area contributed by atoms with Crippen molar-refractivity contribution in [2.45, 2.75) is 18.2 Å². The number of aryl methyl sites for hydroxylation is 1. The van der Waals surface area contributed by atoms with E-state index in [0.717, 1.165) is 10.5 Å². The van der Waals surface area contributed by atoms with Crippen molar-refractivity contribution in [2.75, 3.05) is 5.75 Å². The van der Waals surface area contributed by atoms with Gasteiger partial charge in [-0.05, 0) is 36.8 Å². The fourth-order valence-electron chi connectivity index (χ4n) is 1.75. The Bertz CT molecular complexity index is 563. The van der Waals surface area contributed by atoms with Crippen molar-refractivity contribution in [3.05, 3.63) is 64.7 Å². The highest BCUT2D eigenvalue weighted by molar-refractivity contribution is 8.00. The molecule has 2 aromatic rings. The number of hydrogen-bond acceptors (Lipinski definition) is 2. The maximum absolute atomic E-state index is 11.9. The average molecular weight is 291 g/mol. The van der Waals surface area contributed by atoms with Crippen LogP contribution in [-0.2, 0) is 11.2 Å². The van der Waals surface area contributed by atoms with Crippen LogP contribution in [0.15, 0.2) is 53.4 Å². The van der Waals surface area contributed by atoms with Gasteiger partial charge in [-0.15, -0.1) is 11.8 Å². The maximum atomic E-state index is 11.9. The van der Waals surface area contributed by atoms with Crippen molar-refractivity contribution in [1.82, 2.24) is 0 Å². The largest absolute Gasteiger partial charge is 0.298 e. The number of hydrogen-bond donors (Lipinski definition) is 0. The number of ketones is 1. The van der Waals surface area contributed by atoms with E-state index in [4.69, 9.17) is 11.6 Å². The van der Waals surface area contributed by atoms with Crippen LogP contribution in [0.1, 0.15) is 11.1 Å².